The molecule has 0 spiro atoms. The summed E-state index contributed by atoms with van der Waals surface area (Å²) in [6.45, 7) is 0. The van der Waals surface area contributed by atoms with E-state index in [-0.39, 0.29) is 0 Å². The lowest BCUT2D eigenvalue weighted by Gasteiger charge is -2.08. The molecule has 0 N–H and O–H groups in total. The summed E-state index contributed by atoms with van der Waals surface area (Å²) in [4.78, 5) is 0. The van der Waals surface area contributed by atoms with Gasteiger partial charge in [-0.05, 0) is 6.07 Å². The van der Waals surface area contributed by atoms with Crippen LogP contribution in [0.5, 0.6) is 5.75 Å². The van der Waals surface area contributed by atoms with E-state index in [4.69, 9.17) is 27.9 Å². The first-order valence-corrected chi connectivity index (χ1v) is 4.90. The lowest BCUT2D eigenvalue weighted by Crippen LogP contribution is -1.86. The van der Waals surface area contributed by atoms with Crippen molar-refractivity contribution in [3.8, 4) is 5.75 Å². The highest BCUT2D eigenvalue weighted by molar-refractivity contribution is 6.39. The fourth-order valence-electron chi connectivity index (χ4n) is 1.48. The van der Waals surface area contributed by atoms with Crippen LogP contribution in [-0.2, 0) is 0 Å². The monoisotopic (exact) mass is 226 g/mol. The summed E-state index contributed by atoms with van der Waals surface area (Å²) in [5.74, 6) is 0.673. The Bertz CT molecular complexity index is 480. The van der Waals surface area contributed by atoms with Crippen molar-refractivity contribution in [2.45, 2.75) is 0 Å². The molecule has 0 fully saturated rings. The van der Waals surface area contributed by atoms with Gasteiger partial charge in [0.2, 0.25) is 0 Å². The molecule has 0 aromatic heterocycles. The first-order chi connectivity index (χ1) is 6.74. The third-order valence-corrected chi connectivity index (χ3v) is 2.70. The number of fused-ring (bicyclic) bond motifs is 1. The second kappa shape index (κ2) is 3.68. The molecule has 0 radical (unpaired) electrons. The Kier molecular flexibility index (Phi) is 2.53. The Labute approximate surface area is 92.2 Å². The van der Waals surface area contributed by atoms with Crippen molar-refractivity contribution in [1.82, 2.24) is 0 Å². The topological polar surface area (TPSA) is 9.23 Å². The zero-order valence-electron chi connectivity index (χ0n) is 7.55. The molecule has 0 saturated carbocycles. The number of ether oxygens (including phenoxy) is 1. The van der Waals surface area contributed by atoms with Crippen molar-refractivity contribution in [2.24, 2.45) is 0 Å². The summed E-state index contributed by atoms with van der Waals surface area (Å²) in [5, 5.41) is 3.07. The molecule has 0 unspecified atom stereocenters. The van der Waals surface area contributed by atoms with E-state index in [1.54, 1.807) is 13.2 Å². The Balaban J connectivity index is 2.90. The van der Waals surface area contributed by atoms with Crippen LogP contribution in [0.3, 0.4) is 0 Å². The third-order valence-electron chi connectivity index (χ3n) is 2.10. The molecule has 0 aliphatic carbocycles. The fraction of sp³-hybridized carbons (Fsp3) is 0.0909. The molecule has 72 valence electrons. The lowest BCUT2D eigenvalue weighted by molar-refractivity contribution is 0.420. The molecule has 0 amide bonds. The van der Waals surface area contributed by atoms with Gasteiger partial charge in [-0.2, -0.15) is 0 Å². The third kappa shape index (κ3) is 1.43. The molecule has 0 aliphatic heterocycles. The molecular formula is C11H8Cl2O. The minimum Gasteiger partial charge on any atom is -0.495 e. The van der Waals surface area contributed by atoms with Gasteiger partial charge < -0.3 is 4.74 Å². The number of methoxy groups -OCH3 is 1. The largest absolute Gasteiger partial charge is 0.495 e. The van der Waals surface area contributed by atoms with Crippen LogP contribution in [0.15, 0.2) is 30.3 Å². The molecule has 0 heterocycles. The van der Waals surface area contributed by atoms with Crippen LogP contribution >= 0.6 is 23.2 Å². The maximum atomic E-state index is 6.05. The molecule has 14 heavy (non-hydrogen) atoms. The summed E-state index contributed by atoms with van der Waals surface area (Å²) < 4.78 is 5.22. The van der Waals surface area contributed by atoms with Gasteiger partial charge in [0.25, 0.3) is 0 Å². The van der Waals surface area contributed by atoms with E-state index in [0.717, 1.165) is 10.8 Å². The quantitative estimate of drug-likeness (QED) is 0.710. The highest BCUT2D eigenvalue weighted by atomic mass is 35.5. The molecule has 0 saturated heterocycles. The number of hydrogen-bond donors (Lipinski definition) is 0. The van der Waals surface area contributed by atoms with Crippen LogP contribution in [0.2, 0.25) is 10.0 Å². The molecule has 3 heteroatoms. The highest BCUT2D eigenvalue weighted by Crippen LogP contribution is 2.37. The predicted octanol–water partition coefficient (Wildman–Crippen LogP) is 4.16. The molecule has 0 atom stereocenters. The molecule has 0 bridgehead atoms. The summed E-state index contributed by atoms with van der Waals surface area (Å²) in [6.07, 6.45) is 0. The number of hydrogen-bond acceptors (Lipinski definition) is 1. The van der Waals surface area contributed by atoms with Gasteiger partial charge in [0.05, 0.1) is 17.2 Å². The Hall–Kier alpha value is -0.920. The Morgan fingerprint density at radius 3 is 2.29 bits per heavy atom. The van der Waals surface area contributed by atoms with Gasteiger partial charge in [0.15, 0.2) is 0 Å². The minimum atomic E-state index is 0.538. The SMILES string of the molecule is COc1c(Cl)cc(Cl)c2ccccc12. The maximum absolute atomic E-state index is 6.05. The predicted molar refractivity (Wildman–Crippen MR) is 60.5 cm³/mol. The zero-order valence-corrected chi connectivity index (χ0v) is 9.06. The highest BCUT2D eigenvalue weighted by Gasteiger charge is 2.09. The Morgan fingerprint density at radius 2 is 1.64 bits per heavy atom. The first-order valence-electron chi connectivity index (χ1n) is 4.15. The van der Waals surface area contributed by atoms with Gasteiger partial charge in [0.1, 0.15) is 5.75 Å². The number of halogens is 2. The van der Waals surface area contributed by atoms with Crippen molar-refractivity contribution in [3.63, 3.8) is 0 Å². The smallest absolute Gasteiger partial charge is 0.145 e. The van der Waals surface area contributed by atoms with Crippen molar-refractivity contribution >= 4 is 34.0 Å². The molecule has 1 nitrogen and oxygen atoms in total. The van der Waals surface area contributed by atoms with E-state index < -0.39 is 0 Å². The normalized spacial score (nSPS) is 10.5. The average molecular weight is 227 g/mol. The molecule has 2 aromatic rings. The van der Waals surface area contributed by atoms with Crippen molar-refractivity contribution in [1.29, 1.82) is 0 Å². The summed E-state index contributed by atoms with van der Waals surface area (Å²) >= 11 is 12.1. The van der Waals surface area contributed by atoms with Crippen molar-refractivity contribution in [2.75, 3.05) is 7.11 Å². The van der Waals surface area contributed by atoms with Crippen LogP contribution < -0.4 is 4.74 Å². The van der Waals surface area contributed by atoms with E-state index in [1.165, 1.54) is 0 Å². The van der Waals surface area contributed by atoms with Gasteiger partial charge >= 0.3 is 0 Å². The second-order valence-electron chi connectivity index (χ2n) is 2.92. The van der Waals surface area contributed by atoms with Crippen molar-refractivity contribution < 1.29 is 4.74 Å². The summed E-state index contributed by atoms with van der Waals surface area (Å²) in [5.41, 5.74) is 0. The van der Waals surface area contributed by atoms with Gasteiger partial charge in [-0.25, -0.2) is 0 Å². The van der Waals surface area contributed by atoms with E-state index in [9.17, 15) is 0 Å². The van der Waals surface area contributed by atoms with Gasteiger partial charge in [-0.1, -0.05) is 47.5 Å². The average Bonchev–Trinajstić information content (AvgIpc) is 2.18. The standard InChI is InChI=1S/C11H8Cl2O/c1-14-11-8-5-3-2-4-7(8)9(12)6-10(11)13/h2-6H,1H3. The van der Waals surface area contributed by atoms with Crippen LogP contribution in [0.4, 0.5) is 0 Å². The van der Waals surface area contributed by atoms with Crippen molar-refractivity contribution in [3.05, 3.63) is 40.4 Å². The van der Waals surface area contributed by atoms with Crippen LogP contribution in [0, 0.1) is 0 Å². The second-order valence-corrected chi connectivity index (χ2v) is 3.73. The lowest BCUT2D eigenvalue weighted by atomic mass is 10.1. The van der Waals surface area contributed by atoms with Gasteiger partial charge in [0, 0.05) is 10.8 Å². The molecule has 2 aromatic carbocycles. The van der Waals surface area contributed by atoms with E-state index in [1.807, 2.05) is 24.3 Å². The van der Waals surface area contributed by atoms with E-state index in [0.29, 0.717) is 15.8 Å². The molecule has 0 aliphatic rings. The van der Waals surface area contributed by atoms with Gasteiger partial charge in [-0.15, -0.1) is 0 Å². The maximum Gasteiger partial charge on any atom is 0.145 e. The van der Waals surface area contributed by atoms with Crippen LogP contribution in [0.1, 0.15) is 0 Å². The van der Waals surface area contributed by atoms with Crippen LogP contribution in [0.25, 0.3) is 10.8 Å². The number of rotatable bonds is 1. The van der Waals surface area contributed by atoms with E-state index >= 15 is 0 Å². The minimum absolute atomic E-state index is 0.538. The fourth-order valence-corrected chi connectivity index (χ4v) is 2.10. The summed E-state index contributed by atoms with van der Waals surface area (Å²) in [7, 11) is 1.60. The number of benzene rings is 2. The van der Waals surface area contributed by atoms with Gasteiger partial charge in [-0.3, -0.25) is 0 Å². The van der Waals surface area contributed by atoms with E-state index in [2.05, 4.69) is 0 Å². The van der Waals surface area contributed by atoms with Crippen LogP contribution in [-0.4, -0.2) is 7.11 Å². The zero-order chi connectivity index (χ0) is 10.1. The summed E-state index contributed by atoms with van der Waals surface area (Å²) in [6, 6.07) is 9.44. The molecular weight excluding hydrogens is 219 g/mol. The first kappa shape index (κ1) is 9.63. The Morgan fingerprint density at radius 1 is 1.00 bits per heavy atom. The molecule has 2 rings (SSSR count).